The van der Waals surface area contributed by atoms with Crippen molar-refractivity contribution < 1.29 is 4.79 Å². The first-order valence-corrected chi connectivity index (χ1v) is 7.28. The van der Waals surface area contributed by atoms with E-state index in [1.54, 1.807) is 17.5 Å². The van der Waals surface area contributed by atoms with Crippen molar-refractivity contribution in [2.24, 2.45) is 0 Å². The summed E-state index contributed by atoms with van der Waals surface area (Å²) in [5, 5.41) is 2.87. The predicted molar refractivity (Wildman–Crippen MR) is 75.9 cm³/mol. The molecule has 4 nitrogen and oxygen atoms in total. The van der Waals surface area contributed by atoms with Gasteiger partial charge in [-0.2, -0.15) is 0 Å². The van der Waals surface area contributed by atoms with Crippen molar-refractivity contribution in [2.75, 3.05) is 0 Å². The van der Waals surface area contributed by atoms with Crippen molar-refractivity contribution in [1.29, 1.82) is 0 Å². The monoisotopic (exact) mass is 327 g/mol. The lowest BCUT2D eigenvalue weighted by Crippen LogP contribution is -2.22. The summed E-state index contributed by atoms with van der Waals surface area (Å²) >= 11 is 4.96. The van der Waals surface area contributed by atoms with Gasteiger partial charge in [-0.1, -0.05) is 6.92 Å². The van der Waals surface area contributed by atoms with E-state index in [1.807, 2.05) is 19.9 Å². The number of hydrogen-bond donors (Lipinski definition) is 2. The molecule has 96 valence electrons. The van der Waals surface area contributed by atoms with E-state index < -0.39 is 0 Å². The summed E-state index contributed by atoms with van der Waals surface area (Å²) in [6.07, 6.45) is 2.62. The van der Waals surface area contributed by atoms with Gasteiger partial charge in [-0.05, 0) is 28.9 Å². The fourth-order valence-electron chi connectivity index (χ4n) is 1.59. The first-order chi connectivity index (χ1) is 8.60. The van der Waals surface area contributed by atoms with E-state index in [2.05, 4.69) is 31.2 Å². The number of carbonyl (C=O) groups excluding carboxylic acids is 1. The van der Waals surface area contributed by atoms with Crippen molar-refractivity contribution >= 4 is 33.2 Å². The largest absolute Gasteiger partial charge is 0.346 e. The number of carbonyl (C=O) groups is 1. The minimum Gasteiger partial charge on any atom is -0.346 e. The Morgan fingerprint density at radius 1 is 1.61 bits per heavy atom. The van der Waals surface area contributed by atoms with Gasteiger partial charge >= 0.3 is 0 Å². The maximum atomic E-state index is 12.0. The topological polar surface area (TPSA) is 57.8 Å². The number of rotatable bonds is 4. The highest BCUT2D eigenvalue weighted by Gasteiger charge is 2.12. The molecule has 18 heavy (non-hydrogen) atoms. The second-order valence-corrected chi connectivity index (χ2v) is 6.51. The first-order valence-electron chi connectivity index (χ1n) is 5.67. The highest BCUT2D eigenvalue weighted by molar-refractivity contribution is 9.11. The van der Waals surface area contributed by atoms with Crippen LogP contribution >= 0.6 is 27.3 Å². The van der Waals surface area contributed by atoms with Crippen LogP contribution in [0.5, 0.6) is 0 Å². The molecule has 0 aliphatic rings. The third kappa shape index (κ3) is 3.00. The van der Waals surface area contributed by atoms with E-state index in [1.165, 1.54) is 0 Å². The molecule has 0 aliphatic heterocycles. The summed E-state index contributed by atoms with van der Waals surface area (Å²) in [5.74, 6) is 0.866. The molecule has 0 fully saturated rings. The molecule has 2 N–H and O–H groups in total. The molecule has 0 aromatic carbocycles. The Morgan fingerprint density at radius 3 is 2.94 bits per heavy atom. The van der Waals surface area contributed by atoms with Gasteiger partial charge in [-0.3, -0.25) is 4.79 Å². The van der Waals surface area contributed by atoms with Crippen LogP contribution < -0.4 is 5.32 Å². The summed E-state index contributed by atoms with van der Waals surface area (Å²) in [6, 6.07) is 1.88. The second kappa shape index (κ2) is 5.67. The van der Waals surface area contributed by atoms with Crippen LogP contribution in [-0.2, 0) is 13.0 Å². The Kier molecular flexibility index (Phi) is 4.19. The standard InChI is InChI=1S/C12H14BrN3OS/c1-3-10-14-5-8(16-10)6-15-12(17)9-4-7(2)18-11(9)13/h4-5H,3,6H2,1-2H3,(H,14,16)(H,15,17). The van der Waals surface area contributed by atoms with Crippen LogP contribution in [0.1, 0.15) is 33.7 Å². The van der Waals surface area contributed by atoms with Gasteiger partial charge < -0.3 is 10.3 Å². The number of H-pyrrole nitrogens is 1. The normalized spacial score (nSPS) is 10.6. The molecule has 0 atom stereocenters. The van der Waals surface area contributed by atoms with Gasteiger partial charge in [-0.15, -0.1) is 11.3 Å². The van der Waals surface area contributed by atoms with E-state index in [9.17, 15) is 4.79 Å². The number of aromatic amines is 1. The molecule has 0 bridgehead atoms. The van der Waals surface area contributed by atoms with Crippen molar-refractivity contribution in [3.63, 3.8) is 0 Å². The highest BCUT2D eigenvalue weighted by atomic mass is 79.9. The summed E-state index contributed by atoms with van der Waals surface area (Å²) in [6.45, 7) is 4.48. The maximum absolute atomic E-state index is 12.0. The SMILES string of the molecule is CCc1ncc(CNC(=O)c2cc(C)sc2Br)[nH]1. The van der Waals surface area contributed by atoms with Crippen LogP contribution in [0.3, 0.4) is 0 Å². The van der Waals surface area contributed by atoms with Crippen LogP contribution in [0.4, 0.5) is 0 Å². The number of hydrogen-bond acceptors (Lipinski definition) is 3. The lowest BCUT2D eigenvalue weighted by atomic mass is 10.3. The summed E-state index contributed by atoms with van der Waals surface area (Å²) in [5.41, 5.74) is 1.61. The van der Waals surface area contributed by atoms with E-state index in [4.69, 9.17) is 0 Å². The average molecular weight is 328 g/mol. The summed E-state index contributed by atoms with van der Waals surface area (Å²) < 4.78 is 0.872. The molecule has 2 heterocycles. The van der Waals surface area contributed by atoms with E-state index in [0.717, 1.165) is 26.6 Å². The molecule has 6 heteroatoms. The van der Waals surface area contributed by atoms with Crippen LogP contribution in [0.25, 0.3) is 0 Å². The Hall–Kier alpha value is -1.14. The Bertz CT molecular complexity index is 561. The van der Waals surface area contributed by atoms with E-state index >= 15 is 0 Å². The number of aryl methyl sites for hydroxylation is 2. The number of nitrogens with zero attached hydrogens (tertiary/aromatic N) is 1. The predicted octanol–water partition coefficient (Wildman–Crippen LogP) is 3.03. The fraction of sp³-hybridized carbons (Fsp3) is 0.333. The zero-order chi connectivity index (χ0) is 13.1. The smallest absolute Gasteiger partial charge is 0.253 e. The number of thiophene rings is 1. The Morgan fingerprint density at radius 2 is 2.39 bits per heavy atom. The van der Waals surface area contributed by atoms with Gasteiger partial charge in [0.2, 0.25) is 0 Å². The number of imidazole rings is 1. The Labute approximate surface area is 118 Å². The Balaban J connectivity index is 1.98. The molecule has 0 unspecified atom stereocenters. The summed E-state index contributed by atoms with van der Waals surface area (Å²) in [7, 11) is 0. The number of amides is 1. The molecular formula is C12H14BrN3OS. The minimum atomic E-state index is -0.0705. The molecule has 2 rings (SSSR count). The van der Waals surface area contributed by atoms with Gasteiger partial charge in [-0.25, -0.2) is 4.98 Å². The highest BCUT2D eigenvalue weighted by Crippen LogP contribution is 2.27. The molecule has 0 spiro atoms. The molecule has 0 saturated heterocycles. The molecule has 0 radical (unpaired) electrons. The number of aromatic nitrogens is 2. The van der Waals surface area contributed by atoms with Crippen molar-refractivity contribution in [1.82, 2.24) is 15.3 Å². The summed E-state index contributed by atoms with van der Waals surface area (Å²) in [4.78, 5) is 20.4. The average Bonchev–Trinajstić information content (AvgIpc) is 2.92. The third-order valence-electron chi connectivity index (χ3n) is 2.51. The zero-order valence-electron chi connectivity index (χ0n) is 10.2. The van der Waals surface area contributed by atoms with Gasteiger partial charge in [0, 0.05) is 11.3 Å². The van der Waals surface area contributed by atoms with Crippen molar-refractivity contribution in [2.45, 2.75) is 26.8 Å². The van der Waals surface area contributed by atoms with Crippen LogP contribution in [-0.4, -0.2) is 15.9 Å². The minimum absolute atomic E-state index is 0.0705. The van der Waals surface area contributed by atoms with Crippen LogP contribution in [0.2, 0.25) is 0 Å². The lowest BCUT2D eigenvalue weighted by Gasteiger charge is -2.02. The van der Waals surface area contributed by atoms with E-state index in [0.29, 0.717) is 12.1 Å². The fourth-order valence-corrected chi connectivity index (χ4v) is 3.37. The molecule has 0 saturated carbocycles. The third-order valence-corrected chi connectivity index (χ3v) is 4.26. The van der Waals surface area contributed by atoms with Gasteiger partial charge in [0.25, 0.3) is 5.91 Å². The molecular weight excluding hydrogens is 314 g/mol. The van der Waals surface area contributed by atoms with Gasteiger partial charge in [0.15, 0.2) is 0 Å². The molecule has 0 aliphatic carbocycles. The molecule has 2 aromatic heterocycles. The van der Waals surface area contributed by atoms with Gasteiger partial charge in [0.1, 0.15) is 5.82 Å². The van der Waals surface area contributed by atoms with E-state index in [-0.39, 0.29) is 5.91 Å². The van der Waals surface area contributed by atoms with Crippen LogP contribution in [0, 0.1) is 6.92 Å². The number of nitrogens with one attached hydrogen (secondary N) is 2. The first kappa shape index (κ1) is 13.3. The molecule has 1 amide bonds. The quantitative estimate of drug-likeness (QED) is 0.906. The number of halogens is 1. The van der Waals surface area contributed by atoms with Gasteiger partial charge in [0.05, 0.1) is 27.8 Å². The zero-order valence-corrected chi connectivity index (χ0v) is 12.6. The van der Waals surface area contributed by atoms with Crippen LogP contribution in [0.15, 0.2) is 16.0 Å². The van der Waals surface area contributed by atoms with Crippen molar-refractivity contribution in [3.05, 3.63) is 38.0 Å². The van der Waals surface area contributed by atoms with Crippen molar-refractivity contribution in [3.8, 4) is 0 Å². The second-order valence-electron chi connectivity index (χ2n) is 3.94. The maximum Gasteiger partial charge on any atom is 0.253 e. The lowest BCUT2D eigenvalue weighted by molar-refractivity contribution is 0.0950. The molecule has 2 aromatic rings.